The molecule has 1 aliphatic heterocycles. The topological polar surface area (TPSA) is 72.9 Å². The molecular formula is C17H26N3O3S2. The van der Waals surface area contributed by atoms with Gasteiger partial charge in [0.05, 0.1) is 0 Å². The molecule has 1 atom stereocenters. The van der Waals surface area contributed by atoms with E-state index in [1.54, 1.807) is 0 Å². The number of hydrogen-bond donors (Lipinski definition) is 0. The molecule has 0 saturated carbocycles. The number of hydroxylamine groups is 2. The van der Waals surface area contributed by atoms with Gasteiger partial charge in [-0.2, -0.15) is 0 Å². The van der Waals surface area contributed by atoms with Crippen molar-refractivity contribution in [1.29, 1.82) is 0 Å². The van der Waals surface area contributed by atoms with Crippen molar-refractivity contribution < 1.29 is 13.6 Å². The van der Waals surface area contributed by atoms with Gasteiger partial charge in [-0.3, -0.25) is 0 Å². The highest BCUT2D eigenvalue weighted by atomic mass is 33.1. The van der Waals surface area contributed by atoms with Crippen LogP contribution in [-0.4, -0.2) is 50.1 Å². The quantitative estimate of drug-likeness (QED) is 0.730. The average Bonchev–Trinajstić information content (AvgIpc) is 2.74. The summed E-state index contributed by atoms with van der Waals surface area (Å²) in [7, 11) is 1.61. The molecule has 1 heterocycles. The summed E-state index contributed by atoms with van der Waals surface area (Å²) < 4.78 is 22.6. The normalized spacial score (nSPS) is 23.6. The molecule has 25 heavy (non-hydrogen) atoms. The number of amidine groups is 1. The Bertz CT molecular complexity index is 758. The SMILES string of the molecule is CCC1(c2ccc(CSS(C)(=O)=O)cc2)N=C(N(C)C)C(C)(C)N1[O]. The van der Waals surface area contributed by atoms with Crippen molar-refractivity contribution >= 4 is 25.5 Å². The molecule has 6 nitrogen and oxygen atoms in total. The number of hydrogen-bond acceptors (Lipinski definition) is 6. The van der Waals surface area contributed by atoms with Crippen molar-refractivity contribution in [3.05, 3.63) is 35.4 Å². The molecule has 1 aromatic rings. The van der Waals surface area contributed by atoms with Crippen LogP contribution >= 0.6 is 10.8 Å². The van der Waals surface area contributed by atoms with E-state index in [1.165, 1.54) is 6.26 Å². The molecule has 0 fully saturated rings. The molecule has 0 saturated heterocycles. The van der Waals surface area contributed by atoms with E-state index in [0.717, 1.165) is 32.8 Å². The third-order valence-electron chi connectivity index (χ3n) is 4.45. The molecule has 1 aliphatic rings. The number of nitrogens with zero attached hydrogens (tertiary/aromatic N) is 3. The molecule has 139 valence electrons. The summed E-state index contributed by atoms with van der Waals surface area (Å²) in [5.74, 6) is 1.14. The summed E-state index contributed by atoms with van der Waals surface area (Å²) in [6.45, 7) is 5.72. The van der Waals surface area contributed by atoms with Crippen LogP contribution in [0.15, 0.2) is 29.3 Å². The van der Waals surface area contributed by atoms with E-state index < -0.39 is 20.1 Å². The average molecular weight is 385 g/mol. The summed E-state index contributed by atoms with van der Waals surface area (Å²) in [5, 5.41) is 14.2. The largest absolute Gasteiger partial charge is 0.365 e. The van der Waals surface area contributed by atoms with Crippen LogP contribution in [0.2, 0.25) is 0 Å². The molecule has 2 rings (SSSR count). The van der Waals surface area contributed by atoms with Gasteiger partial charge in [0.2, 0.25) is 0 Å². The molecule has 0 bridgehead atoms. The van der Waals surface area contributed by atoms with Crippen LogP contribution in [0.5, 0.6) is 0 Å². The van der Waals surface area contributed by atoms with Crippen molar-refractivity contribution in [2.75, 3.05) is 20.4 Å². The number of aliphatic imine (C=N–C) groups is 1. The Kier molecular flexibility index (Phi) is 5.59. The van der Waals surface area contributed by atoms with Crippen molar-refractivity contribution in [3.8, 4) is 0 Å². The van der Waals surface area contributed by atoms with Gasteiger partial charge in [0.15, 0.2) is 14.5 Å². The molecule has 0 aromatic heterocycles. The Hall–Kier alpha value is -1.09. The summed E-state index contributed by atoms with van der Waals surface area (Å²) >= 11 is 0. The monoisotopic (exact) mass is 384 g/mol. The van der Waals surface area contributed by atoms with Gasteiger partial charge in [-0.05, 0) is 42.2 Å². The van der Waals surface area contributed by atoms with Crippen molar-refractivity contribution in [1.82, 2.24) is 9.96 Å². The Balaban J connectivity index is 2.38. The third-order valence-corrected chi connectivity index (χ3v) is 6.97. The fourth-order valence-corrected chi connectivity index (χ4v) is 4.80. The maximum Gasteiger partial charge on any atom is 0.199 e. The minimum atomic E-state index is -3.07. The first kappa shape index (κ1) is 20.2. The van der Waals surface area contributed by atoms with Gasteiger partial charge < -0.3 is 4.90 Å². The van der Waals surface area contributed by atoms with E-state index in [9.17, 15) is 13.6 Å². The Labute approximate surface area is 154 Å². The van der Waals surface area contributed by atoms with Crippen LogP contribution in [0, 0.1) is 0 Å². The second-order valence-electron chi connectivity index (χ2n) is 7.02. The predicted octanol–water partition coefficient (Wildman–Crippen LogP) is 2.84. The minimum absolute atomic E-state index is 0.386. The van der Waals surface area contributed by atoms with Crippen LogP contribution < -0.4 is 0 Å². The summed E-state index contributed by atoms with van der Waals surface area (Å²) in [4.78, 5) is 6.70. The molecule has 0 amide bonds. The lowest BCUT2D eigenvalue weighted by Gasteiger charge is -2.36. The van der Waals surface area contributed by atoms with Crippen LogP contribution in [0.1, 0.15) is 38.3 Å². The summed E-state index contributed by atoms with van der Waals surface area (Å²) in [5.41, 5.74) is 0.0515. The van der Waals surface area contributed by atoms with E-state index in [0.29, 0.717) is 12.2 Å². The molecule has 1 aromatic carbocycles. The van der Waals surface area contributed by atoms with E-state index in [4.69, 9.17) is 4.99 Å². The zero-order valence-electron chi connectivity index (χ0n) is 15.6. The number of rotatable bonds is 5. The van der Waals surface area contributed by atoms with Crippen LogP contribution in [0.25, 0.3) is 0 Å². The predicted molar refractivity (Wildman–Crippen MR) is 102 cm³/mol. The lowest BCUT2D eigenvalue weighted by Crippen LogP contribution is -2.52. The highest BCUT2D eigenvalue weighted by Gasteiger charge is 2.54. The van der Waals surface area contributed by atoms with Gasteiger partial charge >= 0.3 is 0 Å². The fraction of sp³-hybridized carbons (Fsp3) is 0.588. The van der Waals surface area contributed by atoms with Gasteiger partial charge in [-0.25, -0.2) is 13.4 Å². The van der Waals surface area contributed by atoms with Crippen LogP contribution in [0.4, 0.5) is 0 Å². The molecule has 0 aliphatic carbocycles. The maximum atomic E-state index is 13.1. The maximum absolute atomic E-state index is 13.1. The van der Waals surface area contributed by atoms with Crippen molar-refractivity contribution in [2.45, 2.75) is 44.1 Å². The second kappa shape index (κ2) is 6.90. The summed E-state index contributed by atoms with van der Waals surface area (Å²) in [6, 6.07) is 7.50. The minimum Gasteiger partial charge on any atom is -0.365 e. The molecule has 1 unspecified atom stereocenters. The van der Waals surface area contributed by atoms with E-state index in [2.05, 4.69) is 0 Å². The smallest absolute Gasteiger partial charge is 0.199 e. The fourth-order valence-electron chi connectivity index (χ4n) is 3.21. The molecule has 0 spiro atoms. The first-order valence-electron chi connectivity index (χ1n) is 8.13. The molecule has 8 heteroatoms. The third kappa shape index (κ3) is 3.86. The molecule has 0 N–H and O–H groups in total. The first-order valence-corrected chi connectivity index (χ1v) is 11.5. The van der Waals surface area contributed by atoms with Gasteiger partial charge in [0.1, 0.15) is 11.4 Å². The van der Waals surface area contributed by atoms with E-state index >= 15 is 0 Å². The first-order chi connectivity index (χ1) is 11.4. The Morgan fingerprint density at radius 1 is 1.20 bits per heavy atom. The highest BCUT2D eigenvalue weighted by Crippen LogP contribution is 2.44. The number of likely N-dealkylation sites (N-methyl/N-ethyl adjacent to an activating group) is 1. The second-order valence-corrected chi connectivity index (χ2v) is 11.5. The highest BCUT2D eigenvalue weighted by molar-refractivity contribution is 8.71. The van der Waals surface area contributed by atoms with Gasteiger partial charge in [-0.15, -0.1) is 10.3 Å². The van der Waals surface area contributed by atoms with Gasteiger partial charge in [-0.1, -0.05) is 31.2 Å². The number of benzene rings is 1. The zero-order valence-corrected chi connectivity index (χ0v) is 17.2. The molecule has 1 radical (unpaired) electrons. The summed E-state index contributed by atoms with van der Waals surface area (Å²) in [6.07, 6.45) is 1.75. The lowest BCUT2D eigenvalue weighted by molar-refractivity contribution is -0.256. The van der Waals surface area contributed by atoms with E-state index in [-0.39, 0.29) is 0 Å². The Morgan fingerprint density at radius 3 is 2.16 bits per heavy atom. The van der Waals surface area contributed by atoms with Crippen molar-refractivity contribution in [2.24, 2.45) is 4.99 Å². The van der Waals surface area contributed by atoms with E-state index in [1.807, 2.05) is 64.0 Å². The lowest BCUT2D eigenvalue weighted by atomic mass is 9.94. The zero-order chi connectivity index (χ0) is 19.0. The Morgan fingerprint density at radius 2 is 1.76 bits per heavy atom. The van der Waals surface area contributed by atoms with Crippen LogP contribution in [-0.2, 0) is 25.5 Å². The standard InChI is InChI=1S/C17H26N3O3S2/c1-7-17(18-15(19(4)5)16(2,3)20(17)21)14-10-8-13(9-11-14)12-24-25(6,22)23/h8-11H,7,12H2,1-6H3. The van der Waals surface area contributed by atoms with Gasteiger partial charge in [0, 0.05) is 26.1 Å². The van der Waals surface area contributed by atoms with Gasteiger partial charge in [0.25, 0.3) is 0 Å². The molecular weight excluding hydrogens is 358 g/mol. The van der Waals surface area contributed by atoms with Crippen molar-refractivity contribution in [3.63, 3.8) is 0 Å². The van der Waals surface area contributed by atoms with Crippen LogP contribution in [0.3, 0.4) is 0 Å².